The van der Waals surface area contributed by atoms with Gasteiger partial charge in [-0.25, -0.2) is 14.6 Å². The molecule has 3 fully saturated rings. The number of nitrogens with one attached hydrogen (secondary N) is 1. The average molecular weight is 490 g/mol. The van der Waals surface area contributed by atoms with Crippen molar-refractivity contribution in [2.24, 2.45) is 0 Å². The predicted molar refractivity (Wildman–Crippen MR) is 128 cm³/mol. The number of hydrogen-bond acceptors (Lipinski definition) is 8. The summed E-state index contributed by atoms with van der Waals surface area (Å²) in [5, 5.41) is 19.8. The van der Waals surface area contributed by atoms with Crippen LogP contribution >= 0.6 is 23.2 Å². The summed E-state index contributed by atoms with van der Waals surface area (Å²) >= 11 is 13.1. The van der Waals surface area contributed by atoms with Crippen LogP contribution in [0.15, 0.2) is 24.5 Å². The van der Waals surface area contributed by atoms with Gasteiger partial charge in [0.15, 0.2) is 5.15 Å². The zero-order valence-corrected chi connectivity index (χ0v) is 19.5. The fourth-order valence-electron chi connectivity index (χ4n) is 4.64. The molecule has 9 nitrogen and oxygen atoms in total. The molecule has 0 bridgehead atoms. The minimum absolute atomic E-state index is 0.0803. The normalized spacial score (nSPS) is 24.0. The smallest absolute Gasteiger partial charge is 0.227 e. The van der Waals surface area contributed by atoms with Crippen LogP contribution in [0.3, 0.4) is 0 Å². The summed E-state index contributed by atoms with van der Waals surface area (Å²) in [5.74, 6) is 0.466. The molecule has 2 atom stereocenters. The molecule has 3 aliphatic rings. The zero-order valence-electron chi connectivity index (χ0n) is 18.0. The van der Waals surface area contributed by atoms with Crippen molar-refractivity contribution in [1.29, 1.82) is 0 Å². The van der Waals surface area contributed by atoms with E-state index in [1.165, 1.54) is 0 Å². The molecule has 33 heavy (non-hydrogen) atoms. The Hall–Kier alpha value is -2.17. The summed E-state index contributed by atoms with van der Waals surface area (Å²) in [4.78, 5) is 13.7. The van der Waals surface area contributed by atoms with Gasteiger partial charge in [0.2, 0.25) is 5.95 Å². The number of anilines is 3. The van der Waals surface area contributed by atoms with Crippen molar-refractivity contribution in [3.05, 3.63) is 34.7 Å². The highest BCUT2D eigenvalue weighted by Crippen LogP contribution is 2.39. The molecule has 11 heteroatoms. The molecule has 1 aliphatic carbocycles. The SMILES string of the molecule is O[C@H]1COC[C@H]1N1CCN(c2cc3nc(Nc4cnn(C5CC5)c4Cl)ncc3cc2Cl)CC1. The van der Waals surface area contributed by atoms with Gasteiger partial charge >= 0.3 is 0 Å². The van der Waals surface area contributed by atoms with Crippen LogP contribution in [0.25, 0.3) is 10.9 Å². The van der Waals surface area contributed by atoms with Gasteiger partial charge in [0.25, 0.3) is 0 Å². The Morgan fingerprint density at radius 3 is 2.61 bits per heavy atom. The van der Waals surface area contributed by atoms with Crippen LogP contribution in [-0.2, 0) is 4.74 Å². The van der Waals surface area contributed by atoms with Crippen molar-refractivity contribution < 1.29 is 9.84 Å². The van der Waals surface area contributed by atoms with E-state index in [0.717, 1.165) is 55.6 Å². The number of aromatic nitrogens is 4. The minimum atomic E-state index is -0.409. The van der Waals surface area contributed by atoms with E-state index < -0.39 is 6.10 Å². The number of fused-ring (bicyclic) bond motifs is 1. The quantitative estimate of drug-likeness (QED) is 0.564. The molecule has 1 aromatic carbocycles. The predicted octanol–water partition coefficient (Wildman–Crippen LogP) is 3.09. The first-order valence-electron chi connectivity index (χ1n) is 11.3. The van der Waals surface area contributed by atoms with Crippen molar-refractivity contribution in [2.45, 2.75) is 31.0 Å². The molecular formula is C22H25Cl2N7O2. The number of rotatable bonds is 5. The Morgan fingerprint density at radius 2 is 1.88 bits per heavy atom. The van der Waals surface area contributed by atoms with Gasteiger partial charge in [-0.1, -0.05) is 23.2 Å². The molecule has 0 spiro atoms. The van der Waals surface area contributed by atoms with Gasteiger partial charge in [-0.05, 0) is 25.0 Å². The molecule has 0 unspecified atom stereocenters. The van der Waals surface area contributed by atoms with Crippen molar-refractivity contribution in [3.8, 4) is 0 Å². The van der Waals surface area contributed by atoms with Crippen molar-refractivity contribution in [2.75, 3.05) is 49.6 Å². The van der Waals surface area contributed by atoms with Crippen LogP contribution in [0.2, 0.25) is 10.2 Å². The summed E-state index contributed by atoms with van der Waals surface area (Å²) in [7, 11) is 0. The number of aliphatic hydroxyl groups is 1. The maximum Gasteiger partial charge on any atom is 0.227 e. The first-order valence-corrected chi connectivity index (χ1v) is 12.0. The molecule has 1 saturated carbocycles. The molecule has 174 valence electrons. The summed E-state index contributed by atoms with van der Waals surface area (Å²) in [6.07, 6.45) is 5.29. The zero-order chi connectivity index (χ0) is 22.5. The van der Waals surface area contributed by atoms with E-state index in [1.807, 2.05) is 16.8 Å². The van der Waals surface area contributed by atoms with Crippen molar-refractivity contribution in [3.63, 3.8) is 0 Å². The second-order valence-corrected chi connectivity index (χ2v) is 9.67. The summed E-state index contributed by atoms with van der Waals surface area (Å²) in [6, 6.07) is 4.41. The van der Waals surface area contributed by atoms with E-state index in [0.29, 0.717) is 41.1 Å². The van der Waals surface area contributed by atoms with E-state index in [1.54, 1.807) is 12.4 Å². The summed E-state index contributed by atoms with van der Waals surface area (Å²) in [6.45, 7) is 4.35. The van der Waals surface area contributed by atoms with Crippen LogP contribution in [0, 0.1) is 0 Å². The second kappa shape index (κ2) is 8.56. The Balaban J connectivity index is 1.20. The maximum atomic E-state index is 10.1. The Bertz CT molecular complexity index is 1180. The molecule has 2 aliphatic heterocycles. The lowest BCUT2D eigenvalue weighted by Gasteiger charge is -2.39. The molecule has 2 aromatic heterocycles. The van der Waals surface area contributed by atoms with Crippen molar-refractivity contribution >= 4 is 51.4 Å². The highest BCUT2D eigenvalue weighted by atomic mass is 35.5. The van der Waals surface area contributed by atoms with Gasteiger partial charge in [0.05, 0.1) is 59.5 Å². The third-order valence-electron chi connectivity index (χ3n) is 6.67. The third-order valence-corrected chi connectivity index (χ3v) is 7.35. The van der Waals surface area contributed by atoms with Crippen LogP contribution in [0.5, 0.6) is 0 Å². The van der Waals surface area contributed by atoms with Crippen LogP contribution < -0.4 is 10.2 Å². The number of piperazine rings is 1. The fourth-order valence-corrected chi connectivity index (χ4v) is 5.21. The van der Waals surface area contributed by atoms with E-state index in [9.17, 15) is 5.11 Å². The average Bonchev–Trinajstić information content (AvgIpc) is 3.47. The summed E-state index contributed by atoms with van der Waals surface area (Å²) < 4.78 is 7.26. The first-order chi connectivity index (χ1) is 16.1. The number of ether oxygens (including phenoxy) is 1. The lowest BCUT2D eigenvalue weighted by atomic mass is 10.1. The van der Waals surface area contributed by atoms with Gasteiger partial charge in [0.1, 0.15) is 0 Å². The number of aliphatic hydroxyl groups excluding tert-OH is 1. The van der Waals surface area contributed by atoms with E-state index in [2.05, 4.69) is 25.2 Å². The number of halogens is 2. The molecule has 2 N–H and O–H groups in total. The largest absolute Gasteiger partial charge is 0.389 e. The standard InChI is InChI=1S/C22H25Cl2N7O2/c23-15-7-13-9-25-22(28-17-10-26-31(21(17)24)14-1-2-14)27-16(13)8-18(15)29-3-5-30(6-4-29)19-11-33-12-20(19)32/h7-10,14,19-20,32H,1-6,11-12H2,(H,25,27,28)/t19-,20+/m1/s1. The Morgan fingerprint density at radius 1 is 1.06 bits per heavy atom. The maximum absolute atomic E-state index is 10.1. The number of benzene rings is 1. The lowest BCUT2D eigenvalue weighted by molar-refractivity contribution is 0.0785. The van der Waals surface area contributed by atoms with Gasteiger partial charge < -0.3 is 20.1 Å². The van der Waals surface area contributed by atoms with E-state index in [-0.39, 0.29) is 6.04 Å². The van der Waals surface area contributed by atoms with Gasteiger partial charge in [-0.2, -0.15) is 5.10 Å². The molecule has 0 radical (unpaired) electrons. The molecule has 6 rings (SSSR count). The van der Waals surface area contributed by atoms with Gasteiger partial charge in [0, 0.05) is 37.8 Å². The Kier molecular flexibility index (Phi) is 5.54. The first kappa shape index (κ1) is 21.4. The topological polar surface area (TPSA) is 91.6 Å². The molecular weight excluding hydrogens is 465 g/mol. The fraction of sp³-hybridized carbons (Fsp3) is 0.500. The third kappa shape index (κ3) is 4.13. The second-order valence-electron chi connectivity index (χ2n) is 8.90. The van der Waals surface area contributed by atoms with E-state index in [4.69, 9.17) is 32.9 Å². The molecule has 2 saturated heterocycles. The molecule has 0 amide bonds. The highest BCUT2D eigenvalue weighted by molar-refractivity contribution is 6.34. The van der Waals surface area contributed by atoms with Crippen molar-refractivity contribution in [1.82, 2.24) is 24.6 Å². The Labute approximate surface area is 201 Å². The van der Waals surface area contributed by atoms with E-state index >= 15 is 0 Å². The molecule has 3 aromatic rings. The van der Waals surface area contributed by atoms with Crippen LogP contribution in [0.4, 0.5) is 17.3 Å². The minimum Gasteiger partial charge on any atom is -0.389 e. The summed E-state index contributed by atoms with van der Waals surface area (Å²) in [5.41, 5.74) is 2.46. The van der Waals surface area contributed by atoms with Gasteiger partial charge in [-0.15, -0.1) is 0 Å². The van der Waals surface area contributed by atoms with Crippen LogP contribution in [0.1, 0.15) is 18.9 Å². The lowest BCUT2D eigenvalue weighted by Crippen LogP contribution is -2.53. The number of hydrogen-bond donors (Lipinski definition) is 2. The molecule has 4 heterocycles. The monoisotopic (exact) mass is 489 g/mol. The van der Waals surface area contributed by atoms with Crippen LogP contribution in [-0.4, -0.2) is 81.3 Å². The number of nitrogens with zero attached hydrogens (tertiary/aromatic N) is 6. The highest BCUT2D eigenvalue weighted by Gasteiger charge is 2.34. The van der Waals surface area contributed by atoms with Gasteiger partial charge in [-0.3, -0.25) is 4.90 Å².